The quantitative estimate of drug-likeness (QED) is 0.0896. The second kappa shape index (κ2) is 16.6. The normalized spacial score (nSPS) is 15.5. The van der Waals surface area contributed by atoms with Crippen molar-refractivity contribution in [1.82, 2.24) is 9.62 Å². The smallest absolute Gasteiger partial charge is 0.456 e. The van der Waals surface area contributed by atoms with Crippen molar-refractivity contribution >= 4 is 45.6 Å². The molecule has 0 atom stereocenters. The minimum absolute atomic E-state index is 0.0433. The third-order valence-corrected chi connectivity index (χ3v) is 10.6. The molecule has 2 heterocycles. The molecule has 2 saturated heterocycles. The van der Waals surface area contributed by atoms with Gasteiger partial charge in [0.2, 0.25) is 0 Å². The Balaban J connectivity index is 1.18. The standard InChI is InChI=1S/C36H40BN5O9S/c43-36(39-52(48,49)30-11-13-33(34(23-30)42(46)47)38-24-26-14-20-50-21-15-26)31-12-10-28(22-35(31)51-29-7-2-1-3-8-29)41-18-16-40(17-19-41)25-27-6-4-5-9-32(27)37(44)45/h1-13,22-23,26,38,44-45H,14-21,24-25H2,(H,39,43). The molecule has 14 nitrogen and oxygen atoms in total. The Morgan fingerprint density at radius 3 is 2.37 bits per heavy atom. The van der Waals surface area contributed by atoms with Crippen molar-refractivity contribution in [2.75, 3.05) is 56.2 Å². The van der Waals surface area contributed by atoms with Crippen LogP contribution >= 0.6 is 0 Å². The molecule has 4 aromatic rings. The number of carbonyl (C=O) groups is 1. The average Bonchev–Trinajstić information content (AvgIpc) is 3.15. The highest BCUT2D eigenvalue weighted by Crippen LogP contribution is 2.32. The van der Waals surface area contributed by atoms with E-state index in [2.05, 4.69) is 19.8 Å². The zero-order valence-corrected chi connectivity index (χ0v) is 29.2. The Labute approximate surface area is 302 Å². The number of nitro benzene ring substituents is 1. The molecule has 16 heteroatoms. The molecule has 2 fully saturated rings. The molecule has 52 heavy (non-hydrogen) atoms. The highest BCUT2D eigenvalue weighted by atomic mass is 32.2. The van der Waals surface area contributed by atoms with Crippen molar-refractivity contribution in [3.63, 3.8) is 0 Å². The first-order chi connectivity index (χ1) is 25.1. The fourth-order valence-corrected chi connectivity index (χ4v) is 7.34. The van der Waals surface area contributed by atoms with Gasteiger partial charge in [-0.15, -0.1) is 0 Å². The lowest BCUT2D eigenvalue weighted by atomic mass is 9.77. The molecule has 0 aromatic heterocycles. The topological polar surface area (TPSA) is 184 Å². The first kappa shape index (κ1) is 36.8. The summed E-state index contributed by atoms with van der Waals surface area (Å²) in [5, 5.41) is 34.5. The second-order valence-corrected chi connectivity index (χ2v) is 14.4. The summed E-state index contributed by atoms with van der Waals surface area (Å²) in [6, 6.07) is 24.4. The predicted molar refractivity (Wildman–Crippen MR) is 196 cm³/mol. The summed E-state index contributed by atoms with van der Waals surface area (Å²) < 4.78 is 40.4. The van der Waals surface area contributed by atoms with Gasteiger partial charge in [0.05, 0.1) is 15.4 Å². The van der Waals surface area contributed by atoms with Gasteiger partial charge >= 0.3 is 7.12 Å². The Bertz CT molecular complexity index is 1990. The van der Waals surface area contributed by atoms with Gasteiger partial charge in [-0.3, -0.25) is 19.8 Å². The molecule has 0 spiro atoms. The van der Waals surface area contributed by atoms with E-state index in [0.29, 0.717) is 63.7 Å². The molecule has 6 rings (SSSR count). The molecule has 0 saturated carbocycles. The van der Waals surface area contributed by atoms with E-state index in [0.717, 1.165) is 30.2 Å². The Hall–Kier alpha value is -5.00. The zero-order chi connectivity index (χ0) is 36.7. The Kier molecular flexibility index (Phi) is 11.7. The van der Waals surface area contributed by atoms with Gasteiger partial charge in [-0.2, -0.15) is 0 Å². The van der Waals surface area contributed by atoms with E-state index in [1.165, 1.54) is 18.2 Å². The van der Waals surface area contributed by atoms with Crippen molar-refractivity contribution in [2.45, 2.75) is 24.3 Å². The SMILES string of the molecule is O=C(NS(=O)(=O)c1ccc(NCC2CCOCC2)c([N+](=O)[O-])c1)c1ccc(N2CCN(Cc3ccccc3B(O)O)CC2)cc1Oc1ccccc1. The van der Waals surface area contributed by atoms with Crippen LogP contribution in [0.1, 0.15) is 28.8 Å². The molecule has 0 aliphatic carbocycles. The average molecular weight is 730 g/mol. The number of sulfonamides is 1. The number of carbonyl (C=O) groups excluding carboxylic acids is 1. The summed E-state index contributed by atoms with van der Waals surface area (Å²) in [6.07, 6.45) is 1.64. The minimum atomic E-state index is -4.53. The van der Waals surface area contributed by atoms with E-state index in [-0.39, 0.29) is 22.9 Å². The molecule has 2 aliphatic rings. The molecule has 4 N–H and O–H groups in total. The van der Waals surface area contributed by atoms with Crippen LogP contribution in [-0.2, 0) is 21.3 Å². The number of anilines is 2. The van der Waals surface area contributed by atoms with Gasteiger partial charge in [0, 0.05) is 70.3 Å². The highest BCUT2D eigenvalue weighted by molar-refractivity contribution is 7.90. The van der Waals surface area contributed by atoms with E-state index in [4.69, 9.17) is 9.47 Å². The Morgan fingerprint density at radius 1 is 0.942 bits per heavy atom. The van der Waals surface area contributed by atoms with Crippen LogP contribution in [-0.4, -0.2) is 87.3 Å². The summed E-state index contributed by atoms with van der Waals surface area (Å²) in [6.45, 7) is 4.91. The van der Waals surface area contributed by atoms with Crippen LogP contribution in [0.4, 0.5) is 17.1 Å². The van der Waals surface area contributed by atoms with Gasteiger partial charge < -0.3 is 29.7 Å². The highest BCUT2D eigenvalue weighted by Gasteiger charge is 2.27. The van der Waals surface area contributed by atoms with Crippen molar-refractivity contribution in [3.8, 4) is 11.5 Å². The van der Waals surface area contributed by atoms with E-state index in [9.17, 15) is 33.4 Å². The third-order valence-electron chi connectivity index (χ3n) is 9.27. The van der Waals surface area contributed by atoms with Crippen LogP contribution in [0.3, 0.4) is 0 Å². The van der Waals surface area contributed by atoms with Crippen LogP contribution in [0.2, 0.25) is 0 Å². The number of hydrogen-bond acceptors (Lipinski definition) is 12. The number of amides is 1. The minimum Gasteiger partial charge on any atom is -0.456 e. The van der Waals surface area contributed by atoms with Gasteiger partial charge in [0.15, 0.2) is 0 Å². The molecular formula is C36H40BN5O9S. The van der Waals surface area contributed by atoms with Gasteiger partial charge in [-0.1, -0.05) is 42.5 Å². The van der Waals surface area contributed by atoms with E-state index in [1.54, 1.807) is 48.5 Å². The number of rotatable bonds is 13. The number of nitrogens with one attached hydrogen (secondary N) is 2. The lowest BCUT2D eigenvalue weighted by Gasteiger charge is -2.36. The number of piperazine rings is 1. The number of ether oxygens (including phenoxy) is 2. The first-order valence-corrected chi connectivity index (χ1v) is 18.5. The fraction of sp³-hybridized carbons (Fsp3) is 0.306. The summed E-state index contributed by atoms with van der Waals surface area (Å²) in [5.74, 6) is -0.124. The summed E-state index contributed by atoms with van der Waals surface area (Å²) in [5.41, 5.74) is 1.79. The molecule has 272 valence electrons. The van der Waals surface area contributed by atoms with Crippen LogP contribution in [0.15, 0.2) is 95.9 Å². The van der Waals surface area contributed by atoms with Crippen molar-refractivity contribution in [1.29, 1.82) is 0 Å². The van der Waals surface area contributed by atoms with E-state index < -0.39 is 38.6 Å². The maximum absolute atomic E-state index is 13.6. The molecule has 2 aliphatic heterocycles. The maximum atomic E-state index is 13.6. The van der Waals surface area contributed by atoms with Crippen molar-refractivity contribution in [3.05, 3.63) is 112 Å². The molecule has 0 bridgehead atoms. The van der Waals surface area contributed by atoms with E-state index in [1.807, 2.05) is 18.2 Å². The van der Waals surface area contributed by atoms with Gasteiger partial charge in [-0.25, -0.2) is 13.1 Å². The monoisotopic (exact) mass is 729 g/mol. The predicted octanol–water partition coefficient (Wildman–Crippen LogP) is 3.35. The maximum Gasteiger partial charge on any atom is 0.488 e. The lowest BCUT2D eigenvalue weighted by molar-refractivity contribution is -0.384. The number of para-hydroxylation sites is 1. The first-order valence-electron chi connectivity index (χ1n) is 17.0. The van der Waals surface area contributed by atoms with Crippen LogP contribution in [0, 0.1) is 16.0 Å². The van der Waals surface area contributed by atoms with Crippen LogP contribution < -0.4 is 25.1 Å². The number of nitro groups is 1. The fourth-order valence-electron chi connectivity index (χ4n) is 6.35. The number of hydrogen-bond donors (Lipinski definition) is 4. The summed E-state index contributed by atoms with van der Waals surface area (Å²) in [7, 11) is -6.08. The van der Waals surface area contributed by atoms with Gasteiger partial charge in [0.1, 0.15) is 17.2 Å². The molecule has 0 unspecified atom stereocenters. The largest absolute Gasteiger partial charge is 0.488 e. The number of benzene rings is 4. The molecular weight excluding hydrogens is 689 g/mol. The lowest BCUT2D eigenvalue weighted by Crippen LogP contribution is -2.47. The van der Waals surface area contributed by atoms with Gasteiger partial charge in [-0.05, 0) is 66.2 Å². The summed E-state index contributed by atoms with van der Waals surface area (Å²) in [4.78, 5) is 28.8. The summed E-state index contributed by atoms with van der Waals surface area (Å²) >= 11 is 0. The molecule has 0 radical (unpaired) electrons. The van der Waals surface area contributed by atoms with Crippen molar-refractivity contribution < 1.29 is 37.7 Å². The van der Waals surface area contributed by atoms with Gasteiger partial charge in [0.25, 0.3) is 21.6 Å². The molecule has 1 amide bonds. The van der Waals surface area contributed by atoms with Crippen molar-refractivity contribution in [2.24, 2.45) is 5.92 Å². The number of nitrogens with zero attached hydrogens (tertiary/aromatic N) is 3. The zero-order valence-electron chi connectivity index (χ0n) is 28.4. The second-order valence-electron chi connectivity index (χ2n) is 12.7. The third kappa shape index (κ3) is 9.07. The molecule has 4 aromatic carbocycles. The van der Waals surface area contributed by atoms with Crippen LogP contribution in [0.5, 0.6) is 11.5 Å². The van der Waals surface area contributed by atoms with Crippen LogP contribution in [0.25, 0.3) is 0 Å². The van der Waals surface area contributed by atoms with E-state index >= 15 is 0 Å². The Morgan fingerprint density at radius 2 is 1.65 bits per heavy atom.